The number of nitrogens with zero attached hydrogens (tertiary/aromatic N) is 1. The second kappa shape index (κ2) is 7.59. The highest BCUT2D eigenvalue weighted by Gasteiger charge is 2.19. The number of carbonyl (C=O) groups is 2. The molecule has 0 saturated carbocycles. The minimum atomic E-state index is -1.12. The van der Waals surface area contributed by atoms with Crippen molar-refractivity contribution in [3.63, 3.8) is 0 Å². The highest BCUT2D eigenvalue weighted by Crippen LogP contribution is 2.21. The Kier molecular flexibility index (Phi) is 5.52. The number of carboxylic acid groups (broad SMARTS) is 1. The van der Waals surface area contributed by atoms with Gasteiger partial charge in [0.2, 0.25) is 0 Å². The third kappa shape index (κ3) is 4.10. The molecule has 2 aromatic carbocycles. The second-order valence-electron chi connectivity index (χ2n) is 5.32. The largest absolute Gasteiger partial charge is 0.483 e. The molecular weight excluding hydrogens is 313 g/mol. The van der Waals surface area contributed by atoms with Gasteiger partial charge >= 0.3 is 5.97 Å². The number of benzene rings is 2. The summed E-state index contributed by atoms with van der Waals surface area (Å²) in [6.45, 7) is 1.53. The number of hydrogen-bond donors (Lipinski definition) is 1. The van der Waals surface area contributed by atoms with Crippen LogP contribution in [0.1, 0.15) is 28.9 Å². The monoisotopic (exact) mass is 331 g/mol. The fraction of sp³-hybridized carbons (Fsp3) is 0.222. The third-order valence-corrected chi connectivity index (χ3v) is 3.80. The Morgan fingerprint density at radius 1 is 1.17 bits per heavy atom. The van der Waals surface area contributed by atoms with E-state index in [1.54, 1.807) is 31.3 Å². The summed E-state index contributed by atoms with van der Waals surface area (Å²) in [5.74, 6) is -1.63. The average molecular weight is 331 g/mol. The van der Waals surface area contributed by atoms with Crippen molar-refractivity contribution in [1.82, 2.24) is 4.90 Å². The Morgan fingerprint density at radius 2 is 1.79 bits per heavy atom. The Bertz CT molecular complexity index is 730. The highest BCUT2D eigenvalue weighted by molar-refractivity contribution is 5.91. The molecule has 0 saturated heterocycles. The number of carboxylic acids is 1. The summed E-state index contributed by atoms with van der Waals surface area (Å²) < 4.78 is 18.3. The van der Waals surface area contributed by atoms with Crippen LogP contribution < -0.4 is 4.74 Å². The predicted molar refractivity (Wildman–Crippen MR) is 86.5 cm³/mol. The summed E-state index contributed by atoms with van der Waals surface area (Å²) in [7, 11) is 1.61. The van der Waals surface area contributed by atoms with Gasteiger partial charge in [0, 0.05) is 7.05 Å². The first kappa shape index (κ1) is 17.5. The molecule has 0 bridgehead atoms. The lowest BCUT2D eigenvalue weighted by Gasteiger charge is -2.25. The van der Waals surface area contributed by atoms with Gasteiger partial charge in [-0.25, -0.2) is 9.18 Å². The number of likely N-dealkylation sites (N-methyl/N-ethyl adjacent to an activating group) is 1. The van der Waals surface area contributed by atoms with Crippen LogP contribution in [0.25, 0.3) is 0 Å². The van der Waals surface area contributed by atoms with Gasteiger partial charge in [0.1, 0.15) is 17.1 Å². The Labute approximate surface area is 139 Å². The van der Waals surface area contributed by atoms with E-state index in [0.717, 1.165) is 5.56 Å². The quantitative estimate of drug-likeness (QED) is 0.883. The van der Waals surface area contributed by atoms with Crippen LogP contribution in [0.15, 0.2) is 48.5 Å². The van der Waals surface area contributed by atoms with E-state index < -0.39 is 5.97 Å². The number of para-hydroxylation sites is 1. The van der Waals surface area contributed by atoms with Gasteiger partial charge in [-0.15, -0.1) is 0 Å². The van der Waals surface area contributed by atoms with Crippen molar-refractivity contribution in [3.05, 3.63) is 65.5 Å². The molecule has 1 N–H and O–H groups in total. The molecule has 2 aromatic rings. The van der Waals surface area contributed by atoms with Gasteiger partial charge in [0.05, 0.1) is 6.04 Å². The van der Waals surface area contributed by atoms with Gasteiger partial charge in [-0.2, -0.15) is 0 Å². The maximum atomic E-state index is 13.0. The molecule has 2 rings (SSSR count). The van der Waals surface area contributed by atoms with Crippen LogP contribution in [0.3, 0.4) is 0 Å². The maximum absolute atomic E-state index is 13.0. The molecule has 126 valence electrons. The van der Waals surface area contributed by atoms with Crippen LogP contribution in [0, 0.1) is 5.82 Å². The lowest BCUT2D eigenvalue weighted by Crippen LogP contribution is -2.33. The Balaban J connectivity index is 2.02. The standard InChI is InChI=1S/C18H18FNO4/c1-12(13-7-9-14(19)10-8-13)20(2)17(21)11-24-16-6-4-3-5-15(16)18(22)23/h3-10,12H,11H2,1-2H3,(H,22,23)/t12-/m0/s1. The number of hydrogen-bond acceptors (Lipinski definition) is 3. The van der Waals surface area contributed by atoms with Crippen molar-refractivity contribution in [3.8, 4) is 5.75 Å². The van der Waals surface area contributed by atoms with E-state index in [4.69, 9.17) is 9.84 Å². The van der Waals surface area contributed by atoms with E-state index in [-0.39, 0.29) is 35.7 Å². The third-order valence-electron chi connectivity index (χ3n) is 3.80. The van der Waals surface area contributed by atoms with E-state index in [2.05, 4.69) is 0 Å². The van der Waals surface area contributed by atoms with Crippen LogP contribution in [0.2, 0.25) is 0 Å². The number of halogens is 1. The number of ether oxygens (including phenoxy) is 1. The molecule has 0 aliphatic heterocycles. The maximum Gasteiger partial charge on any atom is 0.339 e. The summed E-state index contributed by atoms with van der Waals surface area (Å²) in [5.41, 5.74) is 0.790. The number of carbonyl (C=O) groups excluding carboxylic acids is 1. The molecule has 0 aromatic heterocycles. The molecule has 0 unspecified atom stereocenters. The molecule has 24 heavy (non-hydrogen) atoms. The van der Waals surface area contributed by atoms with Crippen molar-refractivity contribution in [2.45, 2.75) is 13.0 Å². The van der Waals surface area contributed by atoms with Gasteiger partial charge in [0.25, 0.3) is 5.91 Å². The zero-order valence-electron chi connectivity index (χ0n) is 13.4. The van der Waals surface area contributed by atoms with Gasteiger partial charge in [0.15, 0.2) is 6.61 Å². The first-order chi connectivity index (χ1) is 11.4. The molecule has 5 nitrogen and oxygen atoms in total. The summed E-state index contributed by atoms with van der Waals surface area (Å²) >= 11 is 0. The highest BCUT2D eigenvalue weighted by atomic mass is 19.1. The van der Waals surface area contributed by atoms with Gasteiger partial charge in [-0.05, 0) is 36.8 Å². The van der Waals surface area contributed by atoms with Gasteiger partial charge in [-0.3, -0.25) is 4.79 Å². The average Bonchev–Trinajstić information content (AvgIpc) is 2.59. The molecule has 0 aliphatic rings. The molecule has 1 atom stereocenters. The smallest absolute Gasteiger partial charge is 0.339 e. The fourth-order valence-electron chi connectivity index (χ4n) is 2.19. The molecule has 0 radical (unpaired) electrons. The summed E-state index contributed by atoms with van der Waals surface area (Å²) in [6.07, 6.45) is 0. The lowest BCUT2D eigenvalue weighted by atomic mass is 10.1. The van der Waals surface area contributed by atoms with Crippen molar-refractivity contribution in [2.24, 2.45) is 0 Å². The lowest BCUT2D eigenvalue weighted by molar-refractivity contribution is -0.134. The van der Waals surface area contributed by atoms with Crippen LogP contribution in [0.5, 0.6) is 5.75 Å². The second-order valence-corrected chi connectivity index (χ2v) is 5.32. The normalized spacial score (nSPS) is 11.6. The Hall–Kier alpha value is -2.89. The van der Waals surface area contributed by atoms with E-state index >= 15 is 0 Å². The zero-order valence-corrected chi connectivity index (χ0v) is 13.4. The van der Waals surface area contributed by atoms with Crippen LogP contribution >= 0.6 is 0 Å². The van der Waals surface area contributed by atoms with E-state index in [0.29, 0.717) is 0 Å². The minimum Gasteiger partial charge on any atom is -0.483 e. The topological polar surface area (TPSA) is 66.8 Å². The SMILES string of the molecule is C[C@@H](c1ccc(F)cc1)N(C)C(=O)COc1ccccc1C(=O)O. The van der Waals surface area contributed by atoms with Crippen molar-refractivity contribution >= 4 is 11.9 Å². The molecular formula is C18H18FNO4. The first-order valence-corrected chi connectivity index (χ1v) is 7.36. The number of aromatic carboxylic acids is 1. The van der Waals surface area contributed by atoms with Crippen LogP contribution in [0.4, 0.5) is 4.39 Å². The summed E-state index contributed by atoms with van der Waals surface area (Å²) in [5, 5.41) is 9.09. The van der Waals surface area contributed by atoms with E-state index in [1.165, 1.54) is 29.2 Å². The van der Waals surface area contributed by atoms with Crippen molar-refractivity contribution in [2.75, 3.05) is 13.7 Å². The summed E-state index contributed by atoms with van der Waals surface area (Å²) in [4.78, 5) is 24.8. The van der Waals surface area contributed by atoms with Gasteiger partial charge in [-0.1, -0.05) is 24.3 Å². The van der Waals surface area contributed by atoms with Crippen LogP contribution in [-0.2, 0) is 4.79 Å². The molecule has 0 heterocycles. The fourth-order valence-corrected chi connectivity index (χ4v) is 2.19. The van der Waals surface area contributed by atoms with E-state index in [9.17, 15) is 14.0 Å². The Morgan fingerprint density at radius 3 is 2.42 bits per heavy atom. The molecule has 0 fully saturated rings. The van der Waals surface area contributed by atoms with Crippen LogP contribution in [-0.4, -0.2) is 35.5 Å². The van der Waals surface area contributed by atoms with Gasteiger partial charge < -0.3 is 14.7 Å². The molecule has 1 amide bonds. The van der Waals surface area contributed by atoms with Crippen molar-refractivity contribution in [1.29, 1.82) is 0 Å². The first-order valence-electron chi connectivity index (χ1n) is 7.36. The van der Waals surface area contributed by atoms with Crippen molar-refractivity contribution < 1.29 is 23.8 Å². The summed E-state index contributed by atoms with van der Waals surface area (Å²) in [6, 6.07) is 11.8. The zero-order chi connectivity index (χ0) is 17.7. The number of rotatable bonds is 6. The molecule has 0 spiro atoms. The predicted octanol–water partition coefficient (Wildman–Crippen LogP) is 3.12. The van der Waals surface area contributed by atoms with E-state index in [1.807, 2.05) is 6.92 Å². The molecule has 0 aliphatic carbocycles. The number of amides is 1. The minimum absolute atomic E-state index is 0.000430. The molecule has 6 heteroatoms.